The van der Waals surface area contributed by atoms with Crippen LogP contribution in [0.2, 0.25) is 0 Å². The quantitative estimate of drug-likeness (QED) is 0.293. The first-order valence-electron chi connectivity index (χ1n) is 13.7. The summed E-state index contributed by atoms with van der Waals surface area (Å²) in [7, 11) is 0. The van der Waals surface area contributed by atoms with Crippen LogP contribution in [0.5, 0.6) is 0 Å². The third-order valence-corrected chi connectivity index (χ3v) is 8.10. The minimum Gasteiger partial charge on any atom is -0.361 e. The first kappa shape index (κ1) is 24.4. The highest BCUT2D eigenvalue weighted by Crippen LogP contribution is 2.32. The maximum atomic E-state index is 13.7. The maximum Gasteiger partial charge on any atom is 0.335 e. The average molecular weight is 507 g/mol. The molecule has 1 atom stereocenters. The van der Waals surface area contributed by atoms with E-state index in [1.807, 2.05) is 49.4 Å². The zero-order valence-corrected chi connectivity index (χ0v) is 21.9. The number of aryl methyl sites for hydroxylation is 1. The van der Waals surface area contributed by atoms with E-state index in [1.165, 1.54) is 33.9 Å². The summed E-state index contributed by atoms with van der Waals surface area (Å²) in [6.07, 6.45) is 8.08. The minimum absolute atomic E-state index is 0.201. The van der Waals surface area contributed by atoms with Gasteiger partial charge in [-0.2, -0.15) is 0 Å². The number of piperidine rings is 1. The summed E-state index contributed by atoms with van der Waals surface area (Å²) in [6, 6.07) is 22.0. The Balaban J connectivity index is 1.18. The van der Waals surface area contributed by atoms with Crippen LogP contribution in [0.3, 0.4) is 0 Å². The topological polar surface area (TPSA) is 62.5 Å². The van der Waals surface area contributed by atoms with Crippen LogP contribution in [0.4, 0.5) is 0 Å². The molecule has 5 aromatic rings. The van der Waals surface area contributed by atoms with E-state index < -0.39 is 0 Å². The second-order valence-corrected chi connectivity index (χ2v) is 10.5. The molecule has 1 saturated heterocycles. The van der Waals surface area contributed by atoms with Gasteiger partial charge in [-0.3, -0.25) is 13.8 Å². The van der Waals surface area contributed by atoms with Crippen LogP contribution in [0.25, 0.3) is 27.5 Å². The van der Waals surface area contributed by atoms with Crippen molar-refractivity contribution in [1.29, 1.82) is 0 Å². The van der Waals surface area contributed by atoms with Gasteiger partial charge in [-0.25, -0.2) is 4.79 Å². The lowest BCUT2D eigenvalue weighted by Crippen LogP contribution is -2.39. The predicted octanol–water partition coefficient (Wildman–Crippen LogP) is 5.58. The molecule has 1 fully saturated rings. The Morgan fingerprint density at radius 1 is 0.921 bits per heavy atom. The molecule has 1 aliphatic heterocycles. The Kier molecular flexibility index (Phi) is 6.73. The molecule has 6 nitrogen and oxygen atoms in total. The monoisotopic (exact) mass is 506 g/mol. The fourth-order valence-electron chi connectivity index (χ4n) is 6.13. The number of unbranched alkanes of at least 4 members (excludes halogenated alkanes) is 1. The van der Waals surface area contributed by atoms with E-state index in [1.54, 1.807) is 10.6 Å². The second-order valence-electron chi connectivity index (χ2n) is 10.5. The molecule has 0 saturated carbocycles. The number of H-pyrrole nitrogens is 1. The Morgan fingerprint density at radius 2 is 1.71 bits per heavy atom. The van der Waals surface area contributed by atoms with Gasteiger partial charge in [0.25, 0.3) is 5.56 Å². The first-order valence-corrected chi connectivity index (χ1v) is 13.7. The van der Waals surface area contributed by atoms with E-state index in [0.29, 0.717) is 23.5 Å². The zero-order chi connectivity index (χ0) is 26.1. The number of hydrogen-bond acceptors (Lipinski definition) is 3. The Hall–Kier alpha value is -3.90. The van der Waals surface area contributed by atoms with Gasteiger partial charge in [0.1, 0.15) is 0 Å². The van der Waals surface area contributed by atoms with Crippen molar-refractivity contribution in [3.63, 3.8) is 0 Å². The van der Waals surface area contributed by atoms with E-state index in [-0.39, 0.29) is 11.2 Å². The Labute approximate surface area is 222 Å². The van der Waals surface area contributed by atoms with Crippen LogP contribution in [0, 0.1) is 6.92 Å². The standard InChI is InChI=1S/C32H34N4O2/c1-23-11-2-3-13-25(23)30-29-16-6-7-19-35(29)32(38)36(31(30)37)20-9-8-17-34-18-10-12-24(22-34)27-21-33-28-15-5-4-14-26(27)28/h2-7,11,13-16,19,21,24,33H,8-10,12,17-18,20,22H2,1H3. The van der Waals surface area contributed by atoms with Crippen LogP contribution in [0.15, 0.2) is 88.7 Å². The van der Waals surface area contributed by atoms with Crippen molar-refractivity contribution in [2.45, 2.75) is 45.1 Å². The number of likely N-dealkylation sites (tertiary alicyclic amines) is 1. The highest BCUT2D eigenvalue weighted by atomic mass is 16.2. The van der Waals surface area contributed by atoms with Gasteiger partial charge in [0.15, 0.2) is 0 Å². The maximum absolute atomic E-state index is 13.7. The third-order valence-electron chi connectivity index (χ3n) is 8.10. The molecule has 38 heavy (non-hydrogen) atoms. The number of nitrogens with zero attached hydrogens (tertiary/aromatic N) is 3. The van der Waals surface area contributed by atoms with E-state index in [0.717, 1.165) is 43.6 Å². The molecule has 0 bridgehead atoms. The molecular weight excluding hydrogens is 472 g/mol. The summed E-state index contributed by atoms with van der Waals surface area (Å²) >= 11 is 0. The molecule has 0 amide bonds. The average Bonchev–Trinajstić information content (AvgIpc) is 3.38. The number of fused-ring (bicyclic) bond motifs is 2. The van der Waals surface area contributed by atoms with Gasteiger partial charge in [0.2, 0.25) is 0 Å². The van der Waals surface area contributed by atoms with Crippen molar-refractivity contribution < 1.29 is 0 Å². The van der Waals surface area contributed by atoms with Gasteiger partial charge in [-0.1, -0.05) is 48.5 Å². The SMILES string of the molecule is Cc1ccccc1-c1c(=O)n(CCCCN2CCCC(c3c[nH]c4ccccc34)C2)c(=O)n2ccccc12. The second kappa shape index (κ2) is 10.5. The van der Waals surface area contributed by atoms with Gasteiger partial charge in [0, 0.05) is 36.4 Å². The van der Waals surface area contributed by atoms with Crippen molar-refractivity contribution >= 4 is 16.4 Å². The molecule has 194 valence electrons. The molecule has 4 heterocycles. The van der Waals surface area contributed by atoms with Gasteiger partial charge in [-0.05, 0) is 86.5 Å². The Morgan fingerprint density at radius 3 is 2.61 bits per heavy atom. The van der Waals surface area contributed by atoms with Crippen molar-refractivity contribution in [1.82, 2.24) is 18.9 Å². The smallest absolute Gasteiger partial charge is 0.335 e. The summed E-state index contributed by atoms with van der Waals surface area (Å²) < 4.78 is 3.04. The summed E-state index contributed by atoms with van der Waals surface area (Å²) in [6.45, 7) is 5.57. The van der Waals surface area contributed by atoms with Crippen molar-refractivity contribution in [3.05, 3.63) is 111 Å². The van der Waals surface area contributed by atoms with Gasteiger partial charge < -0.3 is 9.88 Å². The van der Waals surface area contributed by atoms with Gasteiger partial charge in [-0.15, -0.1) is 0 Å². The number of rotatable bonds is 7. The summed E-state index contributed by atoms with van der Waals surface area (Å²) in [5, 5.41) is 1.33. The molecule has 0 radical (unpaired) electrons. The highest BCUT2D eigenvalue weighted by Gasteiger charge is 2.23. The number of para-hydroxylation sites is 1. The first-order chi connectivity index (χ1) is 18.6. The fraction of sp³-hybridized carbons (Fsp3) is 0.312. The molecule has 6 rings (SSSR count). The predicted molar refractivity (Wildman–Crippen MR) is 154 cm³/mol. The molecule has 1 unspecified atom stereocenters. The van der Waals surface area contributed by atoms with E-state index in [9.17, 15) is 9.59 Å². The number of hydrogen-bond donors (Lipinski definition) is 1. The van der Waals surface area contributed by atoms with E-state index in [4.69, 9.17) is 0 Å². The normalized spacial score (nSPS) is 16.4. The van der Waals surface area contributed by atoms with Crippen molar-refractivity contribution in [2.75, 3.05) is 19.6 Å². The van der Waals surface area contributed by atoms with Crippen LogP contribution in [-0.2, 0) is 6.54 Å². The molecule has 2 aromatic carbocycles. The molecule has 0 aliphatic carbocycles. The van der Waals surface area contributed by atoms with Crippen LogP contribution in [0.1, 0.15) is 42.7 Å². The van der Waals surface area contributed by atoms with Crippen LogP contribution < -0.4 is 11.2 Å². The largest absolute Gasteiger partial charge is 0.361 e. The van der Waals surface area contributed by atoms with Crippen LogP contribution in [-0.4, -0.2) is 38.5 Å². The van der Waals surface area contributed by atoms with E-state index >= 15 is 0 Å². The van der Waals surface area contributed by atoms with Gasteiger partial charge in [0.05, 0.1) is 11.1 Å². The third kappa shape index (κ3) is 4.50. The minimum atomic E-state index is -0.264. The number of aromatic nitrogens is 3. The molecule has 1 aliphatic rings. The lowest BCUT2D eigenvalue weighted by atomic mass is 9.90. The lowest BCUT2D eigenvalue weighted by molar-refractivity contribution is 0.204. The van der Waals surface area contributed by atoms with Crippen LogP contribution >= 0.6 is 0 Å². The summed E-state index contributed by atoms with van der Waals surface area (Å²) in [5.74, 6) is 0.532. The number of benzene rings is 2. The fourth-order valence-corrected chi connectivity index (χ4v) is 6.13. The molecule has 6 heteroatoms. The summed E-state index contributed by atoms with van der Waals surface area (Å²) in [4.78, 5) is 33.0. The number of nitrogens with one attached hydrogen (secondary N) is 1. The highest BCUT2D eigenvalue weighted by molar-refractivity contribution is 5.83. The molecule has 0 spiro atoms. The van der Waals surface area contributed by atoms with Crippen molar-refractivity contribution in [3.8, 4) is 11.1 Å². The molecule has 1 N–H and O–H groups in total. The molecular formula is C32H34N4O2. The number of pyridine rings is 1. The Bertz CT molecular complexity index is 1710. The van der Waals surface area contributed by atoms with Crippen molar-refractivity contribution in [2.24, 2.45) is 0 Å². The number of aromatic amines is 1. The van der Waals surface area contributed by atoms with Gasteiger partial charge >= 0.3 is 5.69 Å². The summed E-state index contributed by atoms with van der Waals surface area (Å²) in [5.41, 5.74) is 5.32. The molecule has 3 aromatic heterocycles. The zero-order valence-electron chi connectivity index (χ0n) is 21.9. The lowest BCUT2D eigenvalue weighted by Gasteiger charge is -2.32. The van der Waals surface area contributed by atoms with E-state index in [2.05, 4.69) is 40.3 Å².